The van der Waals surface area contributed by atoms with Crippen molar-refractivity contribution < 1.29 is 38.0 Å². The molecule has 4 N–H and O–H groups in total. The summed E-state index contributed by atoms with van der Waals surface area (Å²) in [7, 11) is 0. The zero-order valence-electron chi connectivity index (χ0n) is 21.7. The second-order valence-corrected chi connectivity index (χ2v) is 10.9. The number of nitrogens with zero attached hydrogens (tertiary/aromatic N) is 2. The molecule has 13 heteroatoms. The number of ether oxygens (including phenoxy) is 3. The zero-order valence-corrected chi connectivity index (χ0v) is 22.4. The monoisotopic (exact) mass is 580 g/mol. The van der Waals surface area contributed by atoms with Gasteiger partial charge in [-0.05, 0) is 50.6 Å². The average Bonchev–Trinajstić information content (AvgIpc) is 3.47. The lowest BCUT2D eigenvalue weighted by atomic mass is 10.0. The summed E-state index contributed by atoms with van der Waals surface area (Å²) in [6.07, 6.45) is 2.42. The number of pyridine rings is 1. The number of halogens is 3. The van der Waals surface area contributed by atoms with Crippen LogP contribution in [0.4, 0.5) is 20.3 Å². The number of aromatic nitrogens is 1. The van der Waals surface area contributed by atoms with Crippen LogP contribution in [0.3, 0.4) is 0 Å². The number of aliphatic hydroxyl groups is 2. The molecule has 1 aliphatic heterocycles. The van der Waals surface area contributed by atoms with Gasteiger partial charge in [-0.25, -0.2) is 13.8 Å². The van der Waals surface area contributed by atoms with Crippen molar-refractivity contribution in [3.63, 3.8) is 0 Å². The maximum atomic E-state index is 14.7. The van der Waals surface area contributed by atoms with Gasteiger partial charge in [0.1, 0.15) is 30.0 Å². The van der Waals surface area contributed by atoms with Crippen LogP contribution < -0.4 is 15.4 Å². The molecule has 0 bridgehead atoms. The van der Waals surface area contributed by atoms with Crippen LogP contribution in [-0.4, -0.2) is 72.6 Å². The molecule has 3 fully saturated rings. The molecule has 1 unspecified atom stereocenters. The topological polar surface area (TPSA) is 135 Å². The molecule has 1 amide bonds. The highest BCUT2D eigenvalue weighted by molar-refractivity contribution is 6.32. The Morgan fingerprint density at radius 3 is 2.70 bits per heavy atom. The number of hydrogen-bond acceptors (Lipinski definition) is 9. The van der Waals surface area contributed by atoms with Crippen molar-refractivity contribution in [1.29, 1.82) is 0 Å². The van der Waals surface area contributed by atoms with E-state index in [2.05, 4.69) is 27.3 Å². The van der Waals surface area contributed by atoms with Gasteiger partial charge in [-0.2, -0.15) is 4.98 Å². The first kappa shape index (κ1) is 28.6. The van der Waals surface area contributed by atoms with Gasteiger partial charge in [0.2, 0.25) is 5.88 Å². The second kappa shape index (κ2) is 11.9. The minimum atomic E-state index is -0.963. The number of aliphatic imine (C=N–C) groups is 1. The molecule has 2 heterocycles. The molecule has 3 aliphatic rings. The molecule has 2 saturated carbocycles. The molecular weight excluding hydrogens is 550 g/mol. The number of amides is 1. The highest BCUT2D eigenvalue weighted by atomic mass is 35.5. The van der Waals surface area contributed by atoms with Gasteiger partial charge in [-0.3, -0.25) is 4.79 Å². The number of anilines is 1. The molecular formula is C27H31ClF2N4O6. The Balaban J connectivity index is 1.18. The zero-order chi connectivity index (χ0) is 28.4. The van der Waals surface area contributed by atoms with Crippen LogP contribution in [0.5, 0.6) is 5.88 Å². The van der Waals surface area contributed by atoms with Crippen molar-refractivity contribution in [3.8, 4) is 5.88 Å². The second-order valence-electron chi connectivity index (χ2n) is 10.5. The van der Waals surface area contributed by atoms with E-state index >= 15 is 0 Å². The van der Waals surface area contributed by atoms with Gasteiger partial charge in [-0.15, -0.1) is 0 Å². The molecule has 40 heavy (non-hydrogen) atoms. The first-order valence-corrected chi connectivity index (χ1v) is 13.4. The number of hydrogen-bond donors (Lipinski definition) is 4. The van der Waals surface area contributed by atoms with Crippen LogP contribution in [0.25, 0.3) is 0 Å². The summed E-state index contributed by atoms with van der Waals surface area (Å²) in [4.78, 5) is 20.4. The van der Waals surface area contributed by atoms with Crippen molar-refractivity contribution >= 4 is 35.7 Å². The first-order chi connectivity index (χ1) is 19.2. The van der Waals surface area contributed by atoms with Crippen LogP contribution in [0.2, 0.25) is 5.02 Å². The van der Waals surface area contributed by atoms with E-state index in [1.54, 1.807) is 0 Å². The normalized spacial score (nSPS) is 24.4. The molecule has 10 nitrogen and oxygen atoms in total. The van der Waals surface area contributed by atoms with E-state index in [1.165, 1.54) is 6.07 Å². The predicted octanol–water partition coefficient (Wildman–Crippen LogP) is 3.35. The third-order valence-electron chi connectivity index (χ3n) is 7.83. The fraction of sp³-hybridized carbons (Fsp3) is 0.519. The van der Waals surface area contributed by atoms with Crippen LogP contribution in [-0.2, 0) is 16.1 Å². The Hall–Kier alpha value is -2.90. The Bertz CT molecular complexity index is 1260. The van der Waals surface area contributed by atoms with Gasteiger partial charge in [0.05, 0.1) is 42.8 Å². The van der Waals surface area contributed by atoms with Gasteiger partial charge in [0.25, 0.3) is 5.91 Å². The minimum absolute atomic E-state index is 0.0563. The van der Waals surface area contributed by atoms with Gasteiger partial charge < -0.3 is 35.1 Å². The SMILES string of the molecule is C=Nc1nc(OCc2c(F)cc(C(=O)NCC3(CO)CC3)cc2F)c(Cl)cc1NCO[C@@H]1CCC2[C@H](O)CO[C@@H]21. The molecule has 5 rings (SSSR count). The lowest BCUT2D eigenvalue weighted by molar-refractivity contribution is -0.0346. The highest BCUT2D eigenvalue weighted by Crippen LogP contribution is 2.44. The third kappa shape index (κ3) is 6.06. The van der Waals surface area contributed by atoms with Crippen molar-refractivity contribution in [1.82, 2.24) is 10.3 Å². The van der Waals surface area contributed by atoms with E-state index in [0.717, 1.165) is 37.8 Å². The van der Waals surface area contributed by atoms with E-state index in [1.807, 2.05) is 0 Å². The number of benzene rings is 1. The fourth-order valence-electron chi connectivity index (χ4n) is 5.11. The lowest BCUT2D eigenvalue weighted by Crippen LogP contribution is -2.32. The summed E-state index contributed by atoms with van der Waals surface area (Å²) in [5.74, 6) is -2.45. The molecule has 1 saturated heterocycles. The van der Waals surface area contributed by atoms with Crippen molar-refractivity contribution in [2.24, 2.45) is 16.3 Å². The van der Waals surface area contributed by atoms with Crippen LogP contribution in [0.1, 0.15) is 41.6 Å². The van der Waals surface area contributed by atoms with Gasteiger partial charge >= 0.3 is 0 Å². The summed E-state index contributed by atoms with van der Waals surface area (Å²) >= 11 is 6.32. The van der Waals surface area contributed by atoms with Crippen LogP contribution >= 0.6 is 11.6 Å². The molecule has 0 spiro atoms. The Morgan fingerprint density at radius 2 is 2.02 bits per heavy atom. The average molecular weight is 581 g/mol. The molecule has 4 atom stereocenters. The van der Waals surface area contributed by atoms with Crippen molar-refractivity contribution in [2.75, 3.05) is 31.8 Å². The fourth-order valence-corrected chi connectivity index (χ4v) is 5.31. The van der Waals surface area contributed by atoms with Gasteiger partial charge in [0, 0.05) is 23.4 Å². The lowest BCUT2D eigenvalue weighted by Gasteiger charge is -2.20. The smallest absolute Gasteiger partial charge is 0.251 e. The number of carbonyl (C=O) groups is 1. The van der Waals surface area contributed by atoms with E-state index in [-0.39, 0.29) is 65.7 Å². The summed E-state index contributed by atoms with van der Waals surface area (Å²) in [6, 6.07) is 3.35. The molecule has 216 valence electrons. The summed E-state index contributed by atoms with van der Waals surface area (Å²) in [5.41, 5.74) is -0.501. The minimum Gasteiger partial charge on any atom is -0.471 e. The highest BCUT2D eigenvalue weighted by Gasteiger charge is 2.46. The van der Waals surface area contributed by atoms with Crippen LogP contribution in [0, 0.1) is 23.0 Å². The molecule has 2 aliphatic carbocycles. The van der Waals surface area contributed by atoms with E-state index in [9.17, 15) is 23.8 Å². The maximum Gasteiger partial charge on any atom is 0.251 e. The van der Waals surface area contributed by atoms with E-state index < -0.39 is 35.8 Å². The van der Waals surface area contributed by atoms with Crippen molar-refractivity contribution in [3.05, 3.63) is 46.0 Å². The Labute approximate surface area is 234 Å². The molecule has 2 aromatic rings. The Kier molecular flexibility index (Phi) is 8.52. The molecule has 1 aromatic heterocycles. The number of carbonyl (C=O) groups excluding carboxylic acids is 1. The first-order valence-electron chi connectivity index (χ1n) is 13.1. The number of fused-ring (bicyclic) bond motifs is 1. The third-order valence-corrected chi connectivity index (χ3v) is 8.10. The number of aliphatic hydroxyl groups excluding tert-OH is 2. The number of rotatable bonds is 12. The quantitative estimate of drug-likeness (QED) is 0.222. The largest absolute Gasteiger partial charge is 0.471 e. The van der Waals surface area contributed by atoms with E-state index in [0.29, 0.717) is 12.3 Å². The predicted molar refractivity (Wildman–Crippen MR) is 142 cm³/mol. The molecule has 1 aromatic carbocycles. The van der Waals surface area contributed by atoms with Crippen LogP contribution in [0.15, 0.2) is 23.2 Å². The molecule has 0 radical (unpaired) electrons. The Morgan fingerprint density at radius 1 is 1.27 bits per heavy atom. The maximum absolute atomic E-state index is 14.7. The standard InChI is InChI=1S/C27H31ClF2N4O6/c1-31-24-20(33-13-40-22-3-2-15-21(36)10-38-23(15)22)8-17(28)26(34-24)39-9-16-18(29)6-14(7-19(16)30)25(37)32-11-27(12-35)4-5-27/h6-8,15,21-23,33,35-36H,1-5,9-13H2,(H,32,37)/t15?,21-,22-,23+/m1/s1. The van der Waals surface area contributed by atoms with Gasteiger partial charge in [-0.1, -0.05) is 11.6 Å². The summed E-state index contributed by atoms with van der Waals surface area (Å²) in [5, 5.41) is 25.0. The summed E-state index contributed by atoms with van der Waals surface area (Å²) in [6.45, 7) is 3.55. The summed E-state index contributed by atoms with van der Waals surface area (Å²) < 4.78 is 46.5. The number of nitrogens with one attached hydrogen (secondary N) is 2. The van der Waals surface area contributed by atoms with Gasteiger partial charge in [0.15, 0.2) is 5.82 Å². The van der Waals surface area contributed by atoms with Crippen molar-refractivity contribution in [2.45, 2.75) is 50.6 Å². The van der Waals surface area contributed by atoms with E-state index in [4.69, 9.17) is 25.8 Å².